The Morgan fingerprint density at radius 2 is 1.08 bits per heavy atom. The maximum Gasteiger partial charge on any atom is 0.0554 e. The summed E-state index contributed by atoms with van der Waals surface area (Å²) in [5.74, 6) is 0. The molecular formula is C46H28N2S2. The fraction of sp³-hybridized carbons (Fsp3) is 0. The van der Waals surface area contributed by atoms with Crippen molar-refractivity contribution < 1.29 is 0 Å². The van der Waals surface area contributed by atoms with Crippen molar-refractivity contribution in [2.45, 2.75) is 0 Å². The van der Waals surface area contributed by atoms with E-state index in [9.17, 15) is 0 Å². The summed E-state index contributed by atoms with van der Waals surface area (Å²) in [5.41, 5.74) is 7.06. The largest absolute Gasteiger partial charge is 0.310 e. The van der Waals surface area contributed by atoms with E-state index in [4.69, 9.17) is 0 Å². The Morgan fingerprint density at radius 1 is 0.400 bits per heavy atom. The highest BCUT2D eigenvalue weighted by Gasteiger charge is 2.22. The fourth-order valence-corrected chi connectivity index (χ4v) is 10.4. The molecule has 234 valence electrons. The number of anilines is 3. The molecule has 0 fully saturated rings. The van der Waals surface area contributed by atoms with Gasteiger partial charge in [0.05, 0.1) is 16.7 Å². The Labute approximate surface area is 296 Å². The normalized spacial score (nSPS) is 12.0. The molecule has 0 aliphatic rings. The van der Waals surface area contributed by atoms with Crippen LogP contribution in [-0.4, -0.2) is 4.57 Å². The number of thiophene rings is 2. The Kier molecular flexibility index (Phi) is 6.03. The lowest BCUT2D eigenvalue weighted by atomic mass is 10.0. The van der Waals surface area contributed by atoms with E-state index in [-0.39, 0.29) is 0 Å². The molecule has 3 heterocycles. The molecule has 8 aromatic carbocycles. The molecule has 0 unspecified atom stereocenters. The molecule has 0 N–H and O–H groups in total. The predicted molar refractivity (Wildman–Crippen MR) is 219 cm³/mol. The summed E-state index contributed by atoms with van der Waals surface area (Å²) in [6, 6.07) is 62.4. The monoisotopic (exact) mass is 672 g/mol. The molecule has 0 atom stereocenters. The number of nitrogens with zero attached hydrogens (tertiary/aromatic N) is 2. The summed E-state index contributed by atoms with van der Waals surface area (Å²) in [6.45, 7) is 0. The van der Waals surface area contributed by atoms with Crippen LogP contribution >= 0.6 is 22.7 Å². The van der Waals surface area contributed by atoms with Crippen molar-refractivity contribution in [1.82, 2.24) is 4.57 Å². The first-order valence-corrected chi connectivity index (χ1v) is 18.6. The highest BCUT2D eigenvalue weighted by molar-refractivity contribution is 7.27. The molecule has 2 nitrogen and oxygen atoms in total. The highest BCUT2D eigenvalue weighted by atomic mass is 32.1. The summed E-state index contributed by atoms with van der Waals surface area (Å²) in [4.78, 5) is 2.49. The molecule has 50 heavy (non-hydrogen) atoms. The SMILES string of the molecule is c1ccc(-n2c3ccccc3c3cc(N(c4ccc5c(c4)sc4ccccc45)c4cccc5sc6c7ccccc7ccc6c45)ccc32)cc1. The summed E-state index contributed by atoms with van der Waals surface area (Å²) in [5, 5.41) is 10.3. The number of para-hydroxylation sites is 2. The molecule has 0 aliphatic carbocycles. The lowest BCUT2D eigenvalue weighted by Crippen LogP contribution is -2.10. The fourth-order valence-electron chi connectivity index (χ4n) is 7.96. The second-order valence-corrected chi connectivity index (χ2v) is 15.1. The van der Waals surface area contributed by atoms with E-state index in [0.717, 1.165) is 11.4 Å². The van der Waals surface area contributed by atoms with Gasteiger partial charge in [-0.25, -0.2) is 0 Å². The molecule has 4 heteroatoms. The predicted octanol–water partition coefficient (Wildman–Crippen LogP) is 14.1. The van der Waals surface area contributed by atoms with Crippen LogP contribution in [0.4, 0.5) is 17.1 Å². The zero-order valence-corrected chi connectivity index (χ0v) is 28.5. The molecule has 11 rings (SSSR count). The Morgan fingerprint density at radius 3 is 2.00 bits per heavy atom. The Hall–Kier alpha value is -5.94. The number of rotatable bonds is 4. The highest BCUT2D eigenvalue weighted by Crippen LogP contribution is 2.48. The molecule has 0 bridgehead atoms. The summed E-state index contributed by atoms with van der Waals surface area (Å²) in [7, 11) is 0. The minimum Gasteiger partial charge on any atom is -0.310 e. The molecule has 0 spiro atoms. The lowest BCUT2D eigenvalue weighted by molar-refractivity contribution is 1.18. The third kappa shape index (κ3) is 4.07. The maximum absolute atomic E-state index is 2.49. The molecule has 0 radical (unpaired) electrons. The lowest BCUT2D eigenvalue weighted by Gasteiger charge is -2.27. The number of benzene rings is 8. The van der Waals surface area contributed by atoms with Gasteiger partial charge in [-0.2, -0.15) is 0 Å². The zero-order chi connectivity index (χ0) is 32.8. The van der Waals surface area contributed by atoms with Gasteiger partial charge in [-0.3, -0.25) is 0 Å². The third-order valence-electron chi connectivity index (χ3n) is 10.2. The summed E-state index contributed by atoms with van der Waals surface area (Å²) in [6.07, 6.45) is 0. The van der Waals surface area contributed by atoms with Crippen molar-refractivity contribution in [3.8, 4) is 5.69 Å². The van der Waals surface area contributed by atoms with Gasteiger partial charge in [0.1, 0.15) is 0 Å². The quantitative estimate of drug-likeness (QED) is 0.181. The van der Waals surface area contributed by atoms with E-state index in [0.29, 0.717) is 0 Å². The average molecular weight is 673 g/mol. The van der Waals surface area contributed by atoms with Crippen LogP contribution in [0.15, 0.2) is 170 Å². The zero-order valence-electron chi connectivity index (χ0n) is 26.9. The van der Waals surface area contributed by atoms with Crippen molar-refractivity contribution in [3.05, 3.63) is 170 Å². The minimum absolute atomic E-state index is 1.14. The van der Waals surface area contributed by atoms with E-state index in [1.54, 1.807) is 0 Å². The van der Waals surface area contributed by atoms with Gasteiger partial charge in [0.2, 0.25) is 0 Å². The van der Waals surface area contributed by atoms with Crippen LogP contribution in [0.2, 0.25) is 0 Å². The van der Waals surface area contributed by atoms with Crippen molar-refractivity contribution in [2.75, 3.05) is 4.90 Å². The number of hydrogen-bond acceptors (Lipinski definition) is 3. The van der Waals surface area contributed by atoms with Gasteiger partial charge in [0.15, 0.2) is 0 Å². The van der Waals surface area contributed by atoms with Gasteiger partial charge in [0.25, 0.3) is 0 Å². The minimum atomic E-state index is 1.14. The molecule has 0 aliphatic heterocycles. The van der Waals surface area contributed by atoms with E-state index in [1.165, 1.54) is 84.3 Å². The van der Waals surface area contributed by atoms with Gasteiger partial charge < -0.3 is 9.47 Å². The van der Waals surface area contributed by atoms with Crippen LogP contribution in [0.1, 0.15) is 0 Å². The van der Waals surface area contributed by atoms with Gasteiger partial charge >= 0.3 is 0 Å². The first-order valence-electron chi connectivity index (χ1n) is 16.9. The average Bonchev–Trinajstić information content (AvgIpc) is 3.85. The number of aromatic nitrogens is 1. The Bertz CT molecular complexity index is 3110. The topological polar surface area (TPSA) is 8.17 Å². The van der Waals surface area contributed by atoms with Crippen LogP contribution in [0.5, 0.6) is 0 Å². The standard InChI is InChI=1S/C46H28N2S2/c1-2-12-30(13-3-1)48-39-17-8-6-15-34(39)38-27-31(23-26-40(38)48)47(32-22-25-36-35-16-7-9-19-42(35)49-44(36)28-32)41-18-10-20-43-45(41)37-24-21-29-11-4-5-14-33(29)46(37)50-43/h1-28H. The first kappa shape index (κ1) is 28.0. The summed E-state index contributed by atoms with van der Waals surface area (Å²) < 4.78 is 7.64. The summed E-state index contributed by atoms with van der Waals surface area (Å²) >= 11 is 3.77. The Balaban J connectivity index is 1.22. The van der Waals surface area contributed by atoms with Crippen molar-refractivity contribution >= 4 is 113 Å². The van der Waals surface area contributed by atoms with Crippen LogP contribution in [0.25, 0.3) is 78.6 Å². The van der Waals surface area contributed by atoms with Crippen molar-refractivity contribution in [2.24, 2.45) is 0 Å². The maximum atomic E-state index is 2.49. The van der Waals surface area contributed by atoms with Crippen LogP contribution in [-0.2, 0) is 0 Å². The van der Waals surface area contributed by atoms with Crippen molar-refractivity contribution in [1.29, 1.82) is 0 Å². The number of hydrogen-bond donors (Lipinski definition) is 0. The first-order chi connectivity index (χ1) is 24.8. The van der Waals surface area contributed by atoms with E-state index >= 15 is 0 Å². The molecule has 0 saturated carbocycles. The number of fused-ring (bicyclic) bond motifs is 11. The van der Waals surface area contributed by atoms with Crippen LogP contribution in [0.3, 0.4) is 0 Å². The second-order valence-electron chi connectivity index (χ2n) is 12.9. The van der Waals surface area contributed by atoms with Crippen LogP contribution in [0, 0.1) is 0 Å². The van der Waals surface area contributed by atoms with E-state index in [1.807, 2.05) is 22.7 Å². The van der Waals surface area contributed by atoms with Gasteiger partial charge in [-0.15, -0.1) is 22.7 Å². The third-order valence-corrected chi connectivity index (χ3v) is 12.5. The van der Waals surface area contributed by atoms with E-state index in [2.05, 4.69) is 179 Å². The molecule has 3 aromatic heterocycles. The van der Waals surface area contributed by atoms with Crippen molar-refractivity contribution in [3.63, 3.8) is 0 Å². The van der Waals surface area contributed by atoms with Gasteiger partial charge in [-0.1, -0.05) is 103 Å². The molecular weight excluding hydrogens is 645 g/mol. The second kappa shape index (κ2) is 10.8. The molecule has 0 saturated heterocycles. The van der Waals surface area contributed by atoms with Gasteiger partial charge in [0, 0.05) is 68.2 Å². The van der Waals surface area contributed by atoms with Gasteiger partial charge in [-0.05, 0) is 77.5 Å². The molecule has 11 aromatic rings. The smallest absolute Gasteiger partial charge is 0.0554 e. The van der Waals surface area contributed by atoms with E-state index < -0.39 is 0 Å². The van der Waals surface area contributed by atoms with Crippen LogP contribution < -0.4 is 4.90 Å². The molecule has 0 amide bonds.